The zero-order valence-electron chi connectivity index (χ0n) is 10.5. The van der Waals surface area contributed by atoms with Gasteiger partial charge >= 0.3 is 0 Å². The van der Waals surface area contributed by atoms with Crippen molar-refractivity contribution < 1.29 is 9.53 Å². The van der Waals surface area contributed by atoms with E-state index in [4.69, 9.17) is 10.5 Å². The lowest BCUT2D eigenvalue weighted by Gasteiger charge is -2.27. The van der Waals surface area contributed by atoms with E-state index in [0.29, 0.717) is 12.5 Å². The number of ether oxygens (including phenoxy) is 1. The summed E-state index contributed by atoms with van der Waals surface area (Å²) in [6, 6.07) is -0.324. The van der Waals surface area contributed by atoms with Crippen LogP contribution in [0.2, 0.25) is 0 Å². The standard InChI is InChI=1S/C11H24N2O2/c1-8(2)6-10(12)11(14)13(4)9(3)7-15-5/h8-10H,6-7,12H2,1-5H3/t9?,10-/m1/s1. The maximum atomic E-state index is 11.8. The molecule has 0 saturated carbocycles. The summed E-state index contributed by atoms with van der Waals surface area (Å²) >= 11 is 0. The molecular weight excluding hydrogens is 192 g/mol. The van der Waals surface area contributed by atoms with Crippen molar-refractivity contribution >= 4 is 5.91 Å². The summed E-state index contributed by atoms with van der Waals surface area (Å²) in [7, 11) is 3.40. The fourth-order valence-corrected chi connectivity index (χ4v) is 1.44. The number of amides is 1. The molecule has 0 aliphatic rings. The van der Waals surface area contributed by atoms with Crippen molar-refractivity contribution in [3.63, 3.8) is 0 Å². The zero-order valence-corrected chi connectivity index (χ0v) is 10.5. The van der Waals surface area contributed by atoms with Crippen molar-refractivity contribution in [1.82, 2.24) is 4.90 Å². The molecule has 2 atom stereocenters. The predicted molar refractivity (Wildman–Crippen MR) is 61.5 cm³/mol. The number of carbonyl (C=O) groups excluding carboxylic acids is 1. The molecular formula is C11H24N2O2. The van der Waals surface area contributed by atoms with Crippen LogP contribution in [0.1, 0.15) is 27.2 Å². The van der Waals surface area contributed by atoms with Crippen LogP contribution in [0.15, 0.2) is 0 Å². The van der Waals surface area contributed by atoms with Crippen LogP contribution in [-0.2, 0) is 9.53 Å². The molecule has 0 radical (unpaired) electrons. The van der Waals surface area contributed by atoms with Gasteiger partial charge in [0.15, 0.2) is 0 Å². The number of likely N-dealkylation sites (N-methyl/N-ethyl adjacent to an activating group) is 1. The van der Waals surface area contributed by atoms with Gasteiger partial charge in [-0.15, -0.1) is 0 Å². The zero-order chi connectivity index (χ0) is 12.0. The van der Waals surface area contributed by atoms with Crippen LogP contribution in [0, 0.1) is 5.92 Å². The summed E-state index contributed by atoms with van der Waals surface area (Å²) in [4.78, 5) is 13.5. The molecule has 15 heavy (non-hydrogen) atoms. The lowest BCUT2D eigenvalue weighted by Crippen LogP contribution is -2.47. The van der Waals surface area contributed by atoms with Gasteiger partial charge in [0.25, 0.3) is 0 Å². The van der Waals surface area contributed by atoms with E-state index in [0.717, 1.165) is 6.42 Å². The summed E-state index contributed by atoms with van der Waals surface area (Å²) in [5.74, 6) is 0.434. The van der Waals surface area contributed by atoms with E-state index >= 15 is 0 Å². The van der Waals surface area contributed by atoms with Crippen LogP contribution in [0.25, 0.3) is 0 Å². The molecule has 0 saturated heterocycles. The number of nitrogens with zero attached hydrogens (tertiary/aromatic N) is 1. The third kappa shape index (κ3) is 5.14. The van der Waals surface area contributed by atoms with Gasteiger partial charge in [-0.05, 0) is 19.3 Å². The number of hydrogen-bond acceptors (Lipinski definition) is 3. The summed E-state index contributed by atoms with van der Waals surface area (Å²) in [6.45, 7) is 6.61. The second-order valence-corrected chi connectivity index (χ2v) is 4.49. The van der Waals surface area contributed by atoms with E-state index in [-0.39, 0.29) is 11.9 Å². The molecule has 1 unspecified atom stereocenters. The number of carbonyl (C=O) groups is 1. The molecule has 0 fully saturated rings. The van der Waals surface area contributed by atoms with Gasteiger partial charge in [0.05, 0.1) is 18.7 Å². The summed E-state index contributed by atoms with van der Waals surface area (Å²) in [6.07, 6.45) is 0.725. The third-order valence-electron chi connectivity index (χ3n) is 2.46. The molecule has 0 aromatic rings. The van der Waals surface area contributed by atoms with Gasteiger partial charge in [0.1, 0.15) is 0 Å². The molecule has 0 rings (SSSR count). The Morgan fingerprint density at radius 2 is 1.93 bits per heavy atom. The first-order valence-electron chi connectivity index (χ1n) is 5.41. The molecule has 0 aliphatic heterocycles. The molecule has 1 amide bonds. The number of hydrogen-bond donors (Lipinski definition) is 1. The monoisotopic (exact) mass is 216 g/mol. The van der Waals surface area contributed by atoms with Gasteiger partial charge in [0, 0.05) is 14.2 Å². The van der Waals surface area contributed by atoms with Crippen molar-refractivity contribution in [2.75, 3.05) is 20.8 Å². The molecule has 0 aliphatic carbocycles. The molecule has 0 spiro atoms. The first kappa shape index (κ1) is 14.4. The van der Waals surface area contributed by atoms with E-state index in [2.05, 4.69) is 13.8 Å². The lowest BCUT2D eigenvalue weighted by atomic mass is 10.0. The highest BCUT2D eigenvalue weighted by molar-refractivity contribution is 5.81. The van der Waals surface area contributed by atoms with E-state index in [1.165, 1.54) is 0 Å². The van der Waals surface area contributed by atoms with Gasteiger partial charge in [-0.1, -0.05) is 13.8 Å². The normalized spacial score (nSPS) is 15.1. The fourth-order valence-electron chi connectivity index (χ4n) is 1.44. The predicted octanol–water partition coefficient (Wildman–Crippen LogP) is 0.853. The average Bonchev–Trinajstić information content (AvgIpc) is 2.14. The van der Waals surface area contributed by atoms with Gasteiger partial charge in [-0.2, -0.15) is 0 Å². The minimum Gasteiger partial charge on any atom is -0.383 e. The highest BCUT2D eigenvalue weighted by atomic mass is 16.5. The van der Waals surface area contributed by atoms with Crippen LogP contribution >= 0.6 is 0 Å². The average molecular weight is 216 g/mol. The Kier molecular flexibility index (Phi) is 6.52. The minimum atomic E-state index is -0.394. The van der Waals surface area contributed by atoms with Gasteiger partial charge in [0.2, 0.25) is 5.91 Å². The highest BCUT2D eigenvalue weighted by Crippen LogP contribution is 2.07. The molecule has 0 aromatic carbocycles. The molecule has 0 heterocycles. The summed E-state index contributed by atoms with van der Waals surface area (Å²) in [5.41, 5.74) is 5.82. The Labute approximate surface area is 92.8 Å². The highest BCUT2D eigenvalue weighted by Gasteiger charge is 2.22. The Bertz CT molecular complexity index is 195. The first-order chi connectivity index (χ1) is 6.90. The molecule has 4 heteroatoms. The van der Waals surface area contributed by atoms with Crippen LogP contribution < -0.4 is 5.73 Å². The van der Waals surface area contributed by atoms with E-state index in [9.17, 15) is 4.79 Å². The Morgan fingerprint density at radius 1 is 1.40 bits per heavy atom. The maximum absolute atomic E-state index is 11.8. The van der Waals surface area contributed by atoms with Crippen molar-refractivity contribution in [2.24, 2.45) is 11.7 Å². The van der Waals surface area contributed by atoms with Crippen LogP contribution in [0.3, 0.4) is 0 Å². The second-order valence-electron chi connectivity index (χ2n) is 4.49. The molecule has 4 nitrogen and oxygen atoms in total. The minimum absolute atomic E-state index is 0.00625. The smallest absolute Gasteiger partial charge is 0.239 e. The largest absolute Gasteiger partial charge is 0.383 e. The fraction of sp³-hybridized carbons (Fsp3) is 0.909. The maximum Gasteiger partial charge on any atom is 0.239 e. The van der Waals surface area contributed by atoms with Crippen molar-refractivity contribution in [2.45, 2.75) is 39.3 Å². The summed E-state index contributed by atoms with van der Waals surface area (Å²) < 4.78 is 5.00. The van der Waals surface area contributed by atoms with Crippen LogP contribution in [-0.4, -0.2) is 43.7 Å². The quantitative estimate of drug-likeness (QED) is 0.716. The van der Waals surface area contributed by atoms with Gasteiger partial charge in [-0.25, -0.2) is 0 Å². The Morgan fingerprint density at radius 3 is 2.33 bits per heavy atom. The van der Waals surface area contributed by atoms with Crippen LogP contribution in [0.4, 0.5) is 0 Å². The van der Waals surface area contributed by atoms with Crippen molar-refractivity contribution in [3.05, 3.63) is 0 Å². The molecule has 2 N–H and O–H groups in total. The van der Waals surface area contributed by atoms with E-state index in [1.807, 2.05) is 6.92 Å². The molecule has 0 aromatic heterocycles. The number of nitrogens with two attached hydrogens (primary N) is 1. The molecule has 0 bridgehead atoms. The second kappa shape index (κ2) is 6.80. The topological polar surface area (TPSA) is 55.6 Å². The summed E-state index contributed by atoms with van der Waals surface area (Å²) in [5, 5.41) is 0. The number of rotatable bonds is 6. The lowest BCUT2D eigenvalue weighted by molar-refractivity contribution is -0.134. The Balaban J connectivity index is 4.17. The SMILES string of the molecule is COCC(C)N(C)C(=O)[C@H](N)CC(C)C. The molecule has 90 valence electrons. The number of methoxy groups -OCH3 is 1. The Hall–Kier alpha value is -0.610. The van der Waals surface area contributed by atoms with E-state index < -0.39 is 6.04 Å². The van der Waals surface area contributed by atoms with E-state index in [1.54, 1.807) is 19.1 Å². The van der Waals surface area contributed by atoms with Gasteiger partial charge in [-0.3, -0.25) is 4.79 Å². The van der Waals surface area contributed by atoms with Crippen LogP contribution in [0.5, 0.6) is 0 Å². The van der Waals surface area contributed by atoms with Crippen molar-refractivity contribution in [1.29, 1.82) is 0 Å². The van der Waals surface area contributed by atoms with Crippen molar-refractivity contribution in [3.8, 4) is 0 Å². The first-order valence-corrected chi connectivity index (χ1v) is 5.41. The van der Waals surface area contributed by atoms with Gasteiger partial charge < -0.3 is 15.4 Å². The third-order valence-corrected chi connectivity index (χ3v) is 2.46.